The van der Waals surface area contributed by atoms with Crippen LogP contribution in [0.1, 0.15) is 17.2 Å². The van der Waals surface area contributed by atoms with Crippen LogP contribution in [0.2, 0.25) is 0 Å². The summed E-state index contributed by atoms with van der Waals surface area (Å²) in [7, 11) is 3.88. The van der Waals surface area contributed by atoms with Gasteiger partial charge in [-0.2, -0.15) is 0 Å². The third kappa shape index (κ3) is 4.12. The molecule has 29 heavy (non-hydrogen) atoms. The van der Waals surface area contributed by atoms with Crippen molar-refractivity contribution >= 4 is 17.5 Å². The topological polar surface area (TPSA) is 89.1 Å². The van der Waals surface area contributed by atoms with Gasteiger partial charge < -0.3 is 29.7 Å². The van der Waals surface area contributed by atoms with E-state index < -0.39 is 11.8 Å². The average molecular weight is 397 g/mol. The van der Waals surface area contributed by atoms with Crippen LogP contribution in [-0.2, 0) is 16.0 Å². The summed E-state index contributed by atoms with van der Waals surface area (Å²) in [6.07, 6.45) is 0.883. The van der Waals surface area contributed by atoms with E-state index in [9.17, 15) is 9.59 Å². The van der Waals surface area contributed by atoms with Crippen LogP contribution in [0.25, 0.3) is 0 Å². The molecule has 0 fully saturated rings. The number of ether oxygens (including phenoxy) is 3. The van der Waals surface area contributed by atoms with Crippen LogP contribution >= 0.6 is 0 Å². The second-order valence-electron chi connectivity index (χ2n) is 7.18. The van der Waals surface area contributed by atoms with Crippen molar-refractivity contribution in [3.63, 3.8) is 0 Å². The van der Waals surface area contributed by atoms with Gasteiger partial charge in [0.05, 0.1) is 12.6 Å². The molecule has 2 aromatic rings. The zero-order valence-corrected chi connectivity index (χ0v) is 16.4. The number of hydrogen-bond donors (Lipinski definition) is 2. The molecular weight excluding hydrogens is 374 g/mol. The van der Waals surface area contributed by atoms with Gasteiger partial charge in [0.25, 0.3) is 0 Å². The summed E-state index contributed by atoms with van der Waals surface area (Å²) in [6.45, 7) is 1.15. The summed E-state index contributed by atoms with van der Waals surface area (Å²) in [6, 6.07) is 11.0. The minimum Gasteiger partial charge on any atom is -0.493 e. The molecule has 0 unspecified atom stereocenters. The van der Waals surface area contributed by atoms with E-state index in [1.54, 1.807) is 18.2 Å². The molecule has 0 aromatic heterocycles. The number of nitrogens with zero attached hydrogens (tertiary/aromatic N) is 1. The molecule has 2 amide bonds. The molecule has 2 aliphatic heterocycles. The van der Waals surface area contributed by atoms with E-state index in [-0.39, 0.29) is 12.8 Å². The molecule has 2 heterocycles. The number of hydrogen-bond acceptors (Lipinski definition) is 6. The number of rotatable bonds is 5. The van der Waals surface area contributed by atoms with Gasteiger partial charge in [-0.1, -0.05) is 12.1 Å². The predicted octanol–water partition coefficient (Wildman–Crippen LogP) is 1.71. The lowest BCUT2D eigenvalue weighted by Gasteiger charge is -2.25. The maximum absolute atomic E-state index is 12.3. The van der Waals surface area contributed by atoms with Crippen molar-refractivity contribution in [1.29, 1.82) is 0 Å². The SMILES string of the molecule is CN(C)[C@@H](CNC(=O)C(=O)Nc1ccc2c(c1)OCO2)c1ccc2c(c1)CCO2. The Balaban J connectivity index is 1.37. The number of benzene rings is 2. The fourth-order valence-electron chi connectivity index (χ4n) is 3.44. The largest absolute Gasteiger partial charge is 0.493 e. The molecule has 1 atom stereocenters. The van der Waals surface area contributed by atoms with Crippen molar-refractivity contribution in [3.05, 3.63) is 47.5 Å². The molecule has 0 saturated carbocycles. The molecule has 0 bridgehead atoms. The van der Waals surface area contributed by atoms with Gasteiger partial charge in [0, 0.05) is 24.7 Å². The lowest BCUT2D eigenvalue weighted by molar-refractivity contribution is -0.136. The summed E-state index contributed by atoms with van der Waals surface area (Å²) in [5.74, 6) is 0.638. The van der Waals surface area contributed by atoms with Gasteiger partial charge in [-0.3, -0.25) is 9.59 Å². The number of fused-ring (bicyclic) bond motifs is 2. The lowest BCUT2D eigenvalue weighted by Crippen LogP contribution is -2.40. The Hall–Kier alpha value is -3.26. The highest BCUT2D eigenvalue weighted by molar-refractivity contribution is 6.39. The van der Waals surface area contributed by atoms with Crippen LogP contribution in [0, 0.1) is 0 Å². The van der Waals surface area contributed by atoms with Gasteiger partial charge >= 0.3 is 11.8 Å². The molecule has 0 saturated heterocycles. The van der Waals surface area contributed by atoms with Crippen molar-refractivity contribution < 1.29 is 23.8 Å². The number of nitrogens with one attached hydrogen (secondary N) is 2. The Morgan fingerprint density at radius 2 is 1.79 bits per heavy atom. The number of carbonyl (C=O) groups is 2. The van der Waals surface area contributed by atoms with Crippen molar-refractivity contribution in [2.45, 2.75) is 12.5 Å². The Bertz CT molecular complexity index is 944. The third-order valence-electron chi connectivity index (χ3n) is 5.01. The van der Waals surface area contributed by atoms with Crippen LogP contribution in [-0.4, -0.2) is 50.8 Å². The normalized spacial score (nSPS) is 14.9. The second kappa shape index (κ2) is 8.00. The summed E-state index contributed by atoms with van der Waals surface area (Å²) in [4.78, 5) is 26.6. The van der Waals surface area contributed by atoms with Gasteiger partial charge in [0.2, 0.25) is 6.79 Å². The molecule has 0 aliphatic carbocycles. The molecule has 0 spiro atoms. The van der Waals surface area contributed by atoms with Gasteiger partial charge in [-0.15, -0.1) is 0 Å². The fourth-order valence-corrected chi connectivity index (χ4v) is 3.44. The molecule has 4 rings (SSSR count). The number of anilines is 1. The van der Waals surface area contributed by atoms with E-state index in [4.69, 9.17) is 14.2 Å². The zero-order chi connectivity index (χ0) is 20.4. The minimum absolute atomic E-state index is 0.0665. The van der Waals surface area contributed by atoms with E-state index in [2.05, 4.69) is 16.7 Å². The third-order valence-corrected chi connectivity index (χ3v) is 5.01. The average Bonchev–Trinajstić information content (AvgIpc) is 3.35. The monoisotopic (exact) mass is 397 g/mol. The van der Waals surface area contributed by atoms with Crippen molar-refractivity contribution in [1.82, 2.24) is 10.2 Å². The van der Waals surface area contributed by atoms with Crippen LogP contribution < -0.4 is 24.8 Å². The van der Waals surface area contributed by atoms with Gasteiger partial charge in [-0.25, -0.2) is 0 Å². The van der Waals surface area contributed by atoms with Gasteiger partial charge in [-0.05, 0) is 43.4 Å². The fraction of sp³-hybridized carbons (Fsp3) is 0.333. The molecule has 8 nitrogen and oxygen atoms in total. The Kier molecular flexibility index (Phi) is 5.26. The summed E-state index contributed by atoms with van der Waals surface area (Å²) < 4.78 is 16.1. The standard InChI is InChI=1S/C21H23N3O5/c1-24(2)16(13-3-5-17-14(9-13)7-8-27-17)11-22-20(25)21(26)23-15-4-6-18-19(10-15)29-12-28-18/h3-6,9-10,16H,7-8,11-12H2,1-2H3,(H,22,25)(H,23,26)/t16-/m0/s1. The first kappa shape index (κ1) is 19.1. The van der Waals surface area contributed by atoms with Crippen molar-refractivity contribution in [2.24, 2.45) is 0 Å². The maximum atomic E-state index is 12.3. The molecule has 2 aromatic carbocycles. The van der Waals surface area contributed by atoms with Crippen LogP contribution in [0.3, 0.4) is 0 Å². The molecule has 2 N–H and O–H groups in total. The molecule has 2 aliphatic rings. The minimum atomic E-state index is -0.733. The lowest BCUT2D eigenvalue weighted by atomic mass is 10.0. The highest BCUT2D eigenvalue weighted by Crippen LogP contribution is 2.34. The highest BCUT2D eigenvalue weighted by atomic mass is 16.7. The molecule has 152 valence electrons. The van der Waals surface area contributed by atoms with Crippen LogP contribution in [0.5, 0.6) is 17.2 Å². The predicted molar refractivity (Wildman–Crippen MR) is 106 cm³/mol. The van der Waals surface area contributed by atoms with E-state index >= 15 is 0 Å². The van der Waals surface area contributed by atoms with Gasteiger partial charge in [0.15, 0.2) is 11.5 Å². The first-order chi connectivity index (χ1) is 14.0. The summed E-state index contributed by atoms with van der Waals surface area (Å²) in [5, 5.41) is 5.30. The molecule has 0 radical (unpaired) electrons. The quantitative estimate of drug-likeness (QED) is 0.747. The number of amides is 2. The Labute approximate surface area is 168 Å². The summed E-state index contributed by atoms with van der Waals surface area (Å²) >= 11 is 0. The molecular formula is C21H23N3O5. The second-order valence-corrected chi connectivity index (χ2v) is 7.18. The number of likely N-dealkylation sites (N-methyl/N-ethyl adjacent to an activating group) is 1. The van der Waals surface area contributed by atoms with E-state index in [1.165, 1.54) is 5.56 Å². The zero-order valence-electron chi connectivity index (χ0n) is 16.4. The maximum Gasteiger partial charge on any atom is 0.313 e. The van der Waals surface area contributed by atoms with Gasteiger partial charge in [0.1, 0.15) is 5.75 Å². The van der Waals surface area contributed by atoms with Crippen molar-refractivity contribution in [2.75, 3.05) is 39.4 Å². The molecule has 8 heteroatoms. The Morgan fingerprint density at radius 1 is 1.00 bits per heavy atom. The smallest absolute Gasteiger partial charge is 0.313 e. The Morgan fingerprint density at radius 3 is 2.62 bits per heavy atom. The number of carbonyl (C=O) groups excluding carboxylic acids is 2. The summed E-state index contributed by atoms with van der Waals surface area (Å²) in [5.41, 5.74) is 2.70. The van der Waals surface area contributed by atoms with E-state index in [0.717, 1.165) is 17.7 Å². The van der Waals surface area contributed by atoms with Crippen LogP contribution in [0.15, 0.2) is 36.4 Å². The first-order valence-electron chi connectivity index (χ1n) is 9.42. The van der Waals surface area contributed by atoms with Crippen LogP contribution in [0.4, 0.5) is 5.69 Å². The van der Waals surface area contributed by atoms with Crippen molar-refractivity contribution in [3.8, 4) is 17.2 Å². The van der Waals surface area contributed by atoms with E-state index in [0.29, 0.717) is 30.3 Å². The van der Waals surface area contributed by atoms with E-state index in [1.807, 2.05) is 31.1 Å². The highest BCUT2D eigenvalue weighted by Gasteiger charge is 2.22. The first-order valence-corrected chi connectivity index (χ1v) is 9.42.